The van der Waals surface area contributed by atoms with Gasteiger partial charge in [0.1, 0.15) is 10.5 Å². The van der Waals surface area contributed by atoms with E-state index < -0.39 is 17.5 Å². The zero-order chi connectivity index (χ0) is 14.0. The first kappa shape index (κ1) is 13.7. The molecule has 0 fully saturated rings. The lowest BCUT2D eigenvalue weighted by molar-refractivity contribution is 0.447. The highest BCUT2D eigenvalue weighted by atomic mass is 32.1. The van der Waals surface area contributed by atoms with Crippen LogP contribution >= 0.6 is 12.2 Å². The summed E-state index contributed by atoms with van der Waals surface area (Å²) in [6, 6.07) is 3.34. The lowest BCUT2D eigenvalue weighted by Crippen LogP contribution is -1.98. The van der Waals surface area contributed by atoms with Crippen molar-refractivity contribution in [3.8, 4) is 11.3 Å². The Hall–Kier alpha value is -1.69. The van der Waals surface area contributed by atoms with Crippen LogP contribution in [0.25, 0.3) is 11.3 Å². The monoisotopic (exact) mass is 284 g/mol. The first-order valence-electron chi connectivity index (χ1n) is 5.76. The number of aromatic amines is 1. The Morgan fingerprint density at radius 3 is 2.37 bits per heavy atom. The van der Waals surface area contributed by atoms with Gasteiger partial charge in [-0.3, -0.25) is 0 Å². The summed E-state index contributed by atoms with van der Waals surface area (Å²) in [4.78, 5) is 7.05. The first-order valence-corrected chi connectivity index (χ1v) is 6.17. The highest BCUT2D eigenvalue weighted by Gasteiger charge is 2.12. The predicted molar refractivity (Wildman–Crippen MR) is 68.7 cm³/mol. The molecule has 2 nitrogen and oxygen atoms in total. The smallest absolute Gasteiger partial charge is 0.194 e. The third-order valence-corrected chi connectivity index (χ3v) is 2.78. The van der Waals surface area contributed by atoms with E-state index in [1.54, 1.807) is 0 Å². The van der Waals surface area contributed by atoms with Crippen molar-refractivity contribution in [3.05, 3.63) is 46.1 Å². The standard InChI is InChI=1S/C13H11F3N2S/c1-2-3-11-17-10(6-12(19)18-11)7-4-8(14)13(16)9(15)5-7/h4-6H,2-3H2,1H3,(H,17,18,19). The minimum Gasteiger partial charge on any atom is -0.343 e. The van der Waals surface area contributed by atoms with Crippen molar-refractivity contribution in [1.29, 1.82) is 0 Å². The van der Waals surface area contributed by atoms with Gasteiger partial charge >= 0.3 is 0 Å². The average Bonchev–Trinajstić information content (AvgIpc) is 2.35. The number of aryl methyl sites for hydroxylation is 1. The summed E-state index contributed by atoms with van der Waals surface area (Å²) < 4.78 is 39.6. The Morgan fingerprint density at radius 1 is 1.16 bits per heavy atom. The lowest BCUT2D eigenvalue weighted by atomic mass is 10.1. The van der Waals surface area contributed by atoms with E-state index >= 15 is 0 Å². The first-order chi connectivity index (χ1) is 9.01. The topological polar surface area (TPSA) is 28.7 Å². The van der Waals surface area contributed by atoms with E-state index in [1.807, 2.05) is 6.92 Å². The second-order valence-electron chi connectivity index (χ2n) is 4.08. The van der Waals surface area contributed by atoms with Gasteiger partial charge in [0.15, 0.2) is 17.5 Å². The molecule has 0 atom stereocenters. The molecule has 2 aromatic rings. The summed E-state index contributed by atoms with van der Waals surface area (Å²) in [6.45, 7) is 1.97. The molecule has 0 aliphatic rings. The fourth-order valence-electron chi connectivity index (χ4n) is 1.73. The van der Waals surface area contributed by atoms with E-state index in [0.29, 0.717) is 22.6 Å². The van der Waals surface area contributed by atoms with E-state index in [4.69, 9.17) is 12.2 Å². The van der Waals surface area contributed by atoms with Crippen molar-refractivity contribution >= 4 is 12.2 Å². The Bertz CT molecular complexity index is 644. The second-order valence-corrected chi connectivity index (χ2v) is 4.50. The van der Waals surface area contributed by atoms with Gasteiger partial charge in [-0.25, -0.2) is 18.2 Å². The number of H-pyrrole nitrogens is 1. The van der Waals surface area contributed by atoms with Gasteiger partial charge in [-0.15, -0.1) is 0 Å². The Kier molecular flexibility index (Phi) is 3.99. The molecule has 0 saturated heterocycles. The molecule has 19 heavy (non-hydrogen) atoms. The van der Waals surface area contributed by atoms with Crippen LogP contribution in [0.5, 0.6) is 0 Å². The summed E-state index contributed by atoms with van der Waals surface area (Å²) in [7, 11) is 0. The SMILES string of the molecule is CCCc1nc(=S)cc(-c2cc(F)c(F)c(F)c2)[nH]1. The summed E-state index contributed by atoms with van der Waals surface area (Å²) in [5, 5.41) is 0. The van der Waals surface area contributed by atoms with Crippen molar-refractivity contribution in [1.82, 2.24) is 9.97 Å². The molecule has 0 unspecified atom stereocenters. The van der Waals surface area contributed by atoms with Crippen LogP contribution in [0.4, 0.5) is 13.2 Å². The molecule has 0 aliphatic carbocycles. The molecule has 0 amide bonds. The maximum atomic E-state index is 13.2. The molecule has 1 N–H and O–H groups in total. The molecule has 1 heterocycles. The number of benzene rings is 1. The molecule has 0 radical (unpaired) electrons. The van der Waals surface area contributed by atoms with Crippen molar-refractivity contribution in [3.63, 3.8) is 0 Å². The number of halogens is 3. The van der Waals surface area contributed by atoms with Crippen LogP contribution in [0.15, 0.2) is 18.2 Å². The van der Waals surface area contributed by atoms with Gasteiger partial charge in [0.05, 0.1) is 0 Å². The second kappa shape index (κ2) is 5.52. The molecular formula is C13H11F3N2S. The molecule has 1 aromatic carbocycles. The Morgan fingerprint density at radius 2 is 1.79 bits per heavy atom. The molecule has 0 spiro atoms. The van der Waals surface area contributed by atoms with Gasteiger partial charge in [0, 0.05) is 17.7 Å². The van der Waals surface area contributed by atoms with Gasteiger partial charge in [-0.1, -0.05) is 19.1 Å². The van der Waals surface area contributed by atoms with Crippen molar-refractivity contribution in [2.75, 3.05) is 0 Å². The summed E-state index contributed by atoms with van der Waals surface area (Å²) >= 11 is 5.00. The highest BCUT2D eigenvalue weighted by molar-refractivity contribution is 7.71. The van der Waals surface area contributed by atoms with Crippen LogP contribution in [0.2, 0.25) is 0 Å². The van der Waals surface area contributed by atoms with E-state index in [-0.39, 0.29) is 5.56 Å². The predicted octanol–water partition coefficient (Wildman–Crippen LogP) is 4.18. The van der Waals surface area contributed by atoms with Crippen LogP contribution in [-0.2, 0) is 6.42 Å². The molecule has 6 heteroatoms. The molecule has 0 bridgehead atoms. The molecule has 100 valence electrons. The number of rotatable bonds is 3. The number of nitrogens with zero attached hydrogens (tertiary/aromatic N) is 1. The summed E-state index contributed by atoms with van der Waals surface area (Å²) in [6.07, 6.45) is 1.53. The zero-order valence-corrected chi connectivity index (χ0v) is 11.0. The van der Waals surface area contributed by atoms with Gasteiger partial charge < -0.3 is 4.98 Å². The van der Waals surface area contributed by atoms with E-state index in [1.165, 1.54) is 6.07 Å². The van der Waals surface area contributed by atoms with Crippen LogP contribution < -0.4 is 0 Å². The van der Waals surface area contributed by atoms with E-state index in [2.05, 4.69) is 9.97 Å². The molecule has 1 aromatic heterocycles. The van der Waals surface area contributed by atoms with Crippen molar-refractivity contribution in [2.24, 2.45) is 0 Å². The summed E-state index contributed by atoms with van der Waals surface area (Å²) in [5.41, 5.74) is 0.614. The zero-order valence-electron chi connectivity index (χ0n) is 10.1. The largest absolute Gasteiger partial charge is 0.343 e. The summed E-state index contributed by atoms with van der Waals surface area (Å²) in [5.74, 6) is -3.31. The number of hydrogen-bond donors (Lipinski definition) is 1. The maximum Gasteiger partial charge on any atom is 0.194 e. The molecule has 0 aliphatic heterocycles. The normalized spacial score (nSPS) is 10.7. The van der Waals surface area contributed by atoms with Gasteiger partial charge in [0.25, 0.3) is 0 Å². The van der Waals surface area contributed by atoms with E-state index in [9.17, 15) is 13.2 Å². The molecule has 2 rings (SSSR count). The quantitative estimate of drug-likeness (QED) is 0.676. The molecular weight excluding hydrogens is 273 g/mol. The number of nitrogens with one attached hydrogen (secondary N) is 1. The van der Waals surface area contributed by atoms with Crippen molar-refractivity contribution < 1.29 is 13.2 Å². The maximum absolute atomic E-state index is 13.2. The van der Waals surface area contributed by atoms with Gasteiger partial charge in [-0.05, 0) is 24.6 Å². The van der Waals surface area contributed by atoms with Crippen LogP contribution in [0, 0.1) is 22.1 Å². The average molecular weight is 284 g/mol. The lowest BCUT2D eigenvalue weighted by Gasteiger charge is -2.06. The number of aromatic nitrogens is 2. The van der Waals surface area contributed by atoms with Gasteiger partial charge in [0.2, 0.25) is 0 Å². The minimum absolute atomic E-state index is 0.197. The van der Waals surface area contributed by atoms with Gasteiger partial charge in [-0.2, -0.15) is 0 Å². The van der Waals surface area contributed by atoms with Crippen LogP contribution in [0.3, 0.4) is 0 Å². The third kappa shape index (κ3) is 3.01. The third-order valence-electron chi connectivity index (χ3n) is 2.57. The Balaban J connectivity index is 2.55. The fourth-order valence-corrected chi connectivity index (χ4v) is 1.96. The van der Waals surface area contributed by atoms with E-state index in [0.717, 1.165) is 18.6 Å². The Labute approximate surface area is 113 Å². The van der Waals surface area contributed by atoms with Crippen LogP contribution in [0.1, 0.15) is 19.2 Å². The van der Waals surface area contributed by atoms with Crippen molar-refractivity contribution in [2.45, 2.75) is 19.8 Å². The highest BCUT2D eigenvalue weighted by Crippen LogP contribution is 2.22. The minimum atomic E-state index is -1.48. The fraction of sp³-hybridized carbons (Fsp3) is 0.231. The molecule has 0 saturated carbocycles. The van der Waals surface area contributed by atoms with Crippen LogP contribution in [-0.4, -0.2) is 9.97 Å². The number of hydrogen-bond acceptors (Lipinski definition) is 2.